The average molecular weight is 535 g/mol. The maximum atomic E-state index is 12.8. The van der Waals surface area contributed by atoms with Crippen LogP contribution in [0, 0.1) is 0 Å². The largest absolute Gasteiger partial charge is 0.497 e. The minimum atomic E-state index is -0.286. The van der Waals surface area contributed by atoms with Gasteiger partial charge in [0.2, 0.25) is 5.78 Å². The van der Waals surface area contributed by atoms with E-state index >= 15 is 0 Å². The summed E-state index contributed by atoms with van der Waals surface area (Å²) >= 11 is 0. The van der Waals surface area contributed by atoms with Gasteiger partial charge in [-0.25, -0.2) is 0 Å². The predicted octanol–water partition coefficient (Wildman–Crippen LogP) is 8.61. The van der Waals surface area contributed by atoms with Gasteiger partial charge in [-0.05, 0) is 80.0 Å². The van der Waals surface area contributed by atoms with Crippen molar-refractivity contribution < 1.29 is 23.8 Å². The number of ether oxygens (including phenoxy) is 3. The van der Waals surface area contributed by atoms with Gasteiger partial charge in [0.15, 0.2) is 5.76 Å². The second kappa shape index (κ2) is 15.5. The number of carbonyl (C=O) groups is 2. The molecule has 0 fully saturated rings. The molecule has 0 radical (unpaired) electrons. The first kappa shape index (κ1) is 30.5. The quantitative estimate of drug-likeness (QED) is 0.159. The number of benzene rings is 2. The summed E-state index contributed by atoms with van der Waals surface area (Å²) in [5.41, 5.74) is 4.28. The minimum Gasteiger partial charge on any atom is -0.497 e. The molecular formula is C34H46O5. The van der Waals surface area contributed by atoms with Crippen LogP contribution in [0.3, 0.4) is 0 Å². The van der Waals surface area contributed by atoms with Crippen LogP contribution in [0.1, 0.15) is 103 Å². The zero-order chi connectivity index (χ0) is 28.2. The van der Waals surface area contributed by atoms with E-state index in [0.717, 1.165) is 84.6 Å². The van der Waals surface area contributed by atoms with Gasteiger partial charge in [0.25, 0.3) is 0 Å². The highest BCUT2D eigenvalue weighted by Crippen LogP contribution is 2.32. The molecule has 0 heterocycles. The van der Waals surface area contributed by atoms with Crippen molar-refractivity contribution in [2.45, 2.75) is 97.3 Å². The smallest absolute Gasteiger partial charge is 0.313 e. The number of hydrogen-bond acceptors (Lipinski definition) is 5. The molecule has 212 valence electrons. The molecule has 0 bridgehead atoms. The predicted molar refractivity (Wildman–Crippen MR) is 158 cm³/mol. The van der Waals surface area contributed by atoms with Gasteiger partial charge in [0, 0.05) is 5.57 Å². The third kappa shape index (κ3) is 8.45. The SMILES string of the molecule is CCC1=C(OC)C(=O)C(CCCCCCCCCCOC(=O)C(C)c2ccc3cc(OC)ccc3c2)=C(C)C1. The molecule has 0 spiro atoms. The molecule has 0 aliphatic heterocycles. The van der Waals surface area contributed by atoms with Gasteiger partial charge in [0.05, 0.1) is 26.7 Å². The van der Waals surface area contributed by atoms with E-state index in [2.05, 4.69) is 19.9 Å². The molecule has 0 saturated heterocycles. The lowest BCUT2D eigenvalue weighted by atomic mass is 9.86. The zero-order valence-corrected chi connectivity index (χ0v) is 24.6. The normalized spacial score (nSPS) is 14.6. The monoisotopic (exact) mass is 534 g/mol. The van der Waals surface area contributed by atoms with Crippen molar-refractivity contribution in [1.29, 1.82) is 0 Å². The van der Waals surface area contributed by atoms with Crippen molar-refractivity contribution in [3.05, 3.63) is 64.4 Å². The maximum absolute atomic E-state index is 12.8. The fourth-order valence-electron chi connectivity index (χ4n) is 5.38. The van der Waals surface area contributed by atoms with E-state index in [4.69, 9.17) is 14.2 Å². The number of methoxy groups -OCH3 is 2. The summed E-state index contributed by atoms with van der Waals surface area (Å²) in [5.74, 6) is 1.06. The molecule has 2 aromatic rings. The molecular weight excluding hydrogens is 488 g/mol. The van der Waals surface area contributed by atoms with Gasteiger partial charge in [0.1, 0.15) is 5.75 Å². The molecule has 5 heteroatoms. The van der Waals surface area contributed by atoms with Crippen LogP contribution in [0.15, 0.2) is 58.9 Å². The Morgan fingerprint density at radius 1 is 0.872 bits per heavy atom. The number of rotatable bonds is 16. The highest BCUT2D eigenvalue weighted by atomic mass is 16.5. The average Bonchev–Trinajstić information content (AvgIpc) is 2.95. The molecule has 1 unspecified atom stereocenters. The van der Waals surface area contributed by atoms with Crippen LogP contribution < -0.4 is 4.74 Å². The van der Waals surface area contributed by atoms with E-state index in [9.17, 15) is 9.59 Å². The number of hydrogen-bond donors (Lipinski definition) is 0. The van der Waals surface area contributed by atoms with E-state index in [-0.39, 0.29) is 17.7 Å². The molecule has 1 atom stereocenters. The van der Waals surface area contributed by atoms with Crippen LogP contribution in [-0.2, 0) is 19.1 Å². The first-order valence-electron chi connectivity index (χ1n) is 14.6. The number of allylic oxidation sites excluding steroid dienone is 3. The molecule has 0 saturated carbocycles. The second-order valence-corrected chi connectivity index (χ2v) is 10.7. The number of esters is 1. The molecule has 0 N–H and O–H groups in total. The van der Waals surface area contributed by atoms with Crippen LogP contribution in [0.4, 0.5) is 0 Å². The first-order valence-corrected chi connectivity index (χ1v) is 14.6. The molecule has 5 nitrogen and oxygen atoms in total. The van der Waals surface area contributed by atoms with Crippen LogP contribution in [0.2, 0.25) is 0 Å². The lowest BCUT2D eigenvalue weighted by Crippen LogP contribution is -2.17. The second-order valence-electron chi connectivity index (χ2n) is 10.7. The Morgan fingerprint density at radius 3 is 2.18 bits per heavy atom. The van der Waals surface area contributed by atoms with Crippen LogP contribution >= 0.6 is 0 Å². The van der Waals surface area contributed by atoms with Gasteiger partial charge in [-0.1, -0.05) is 75.3 Å². The fraction of sp³-hybridized carbons (Fsp3) is 0.529. The summed E-state index contributed by atoms with van der Waals surface area (Å²) in [7, 11) is 3.27. The highest BCUT2D eigenvalue weighted by Gasteiger charge is 2.26. The summed E-state index contributed by atoms with van der Waals surface area (Å²) in [4.78, 5) is 25.3. The van der Waals surface area contributed by atoms with E-state index in [1.54, 1.807) is 14.2 Å². The third-order valence-electron chi connectivity index (χ3n) is 7.92. The van der Waals surface area contributed by atoms with Crippen molar-refractivity contribution in [1.82, 2.24) is 0 Å². The topological polar surface area (TPSA) is 61.8 Å². The van der Waals surface area contributed by atoms with E-state index < -0.39 is 0 Å². The molecule has 0 amide bonds. The Labute approximate surface area is 234 Å². The minimum absolute atomic E-state index is 0.103. The number of ketones is 1. The number of fused-ring (bicyclic) bond motifs is 1. The molecule has 2 aromatic carbocycles. The Morgan fingerprint density at radius 2 is 1.51 bits per heavy atom. The molecule has 1 aliphatic rings. The molecule has 0 aromatic heterocycles. The van der Waals surface area contributed by atoms with Crippen molar-refractivity contribution >= 4 is 22.5 Å². The Bertz CT molecular complexity index is 1190. The van der Waals surface area contributed by atoms with Gasteiger partial charge < -0.3 is 14.2 Å². The summed E-state index contributed by atoms with van der Waals surface area (Å²) in [6.07, 6.45) is 11.5. The maximum Gasteiger partial charge on any atom is 0.313 e. The Hall–Kier alpha value is -3.08. The van der Waals surface area contributed by atoms with Crippen molar-refractivity contribution in [2.75, 3.05) is 20.8 Å². The Kier molecular flexibility index (Phi) is 12.1. The lowest BCUT2D eigenvalue weighted by molar-refractivity contribution is -0.145. The standard InChI is InChI=1S/C34H46O5/c1-6-26-21-24(2)31(32(35)33(26)38-5)15-13-11-9-7-8-10-12-14-20-39-34(36)25(3)27-16-17-29-23-30(37-4)19-18-28(29)22-27/h16-19,22-23,25H,6-15,20-21H2,1-5H3. The van der Waals surface area contributed by atoms with Gasteiger partial charge in [-0.2, -0.15) is 0 Å². The summed E-state index contributed by atoms with van der Waals surface area (Å²) < 4.78 is 16.3. The number of unbranched alkanes of at least 4 members (excludes halogenated alkanes) is 7. The van der Waals surface area contributed by atoms with Crippen molar-refractivity contribution in [3.8, 4) is 5.75 Å². The van der Waals surface area contributed by atoms with E-state index in [1.807, 2.05) is 37.3 Å². The third-order valence-corrected chi connectivity index (χ3v) is 7.92. The van der Waals surface area contributed by atoms with Gasteiger partial charge >= 0.3 is 5.97 Å². The van der Waals surface area contributed by atoms with Crippen molar-refractivity contribution in [3.63, 3.8) is 0 Å². The van der Waals surface area contributed by atoms with Crippen LogP contribution in [-0.4, -0.2) is 32.6 Å². The fourth-order valence-corrected chi connectivity index (χ4v) is 5.38. The number of carbonyl (C=O) groups excluding carboxylic acids is 2. The van der Waals surface area contributed by atoms with Crippen LogP contribution in [0.5, 0.6) is 5.75 Å². The van der Waals surface area contributed by atoms with E-state index in [0.29, 0.717) is 12.4 Å². The first-order chi connectivity index (χ1) is 18.9. The molecule has 1 aliphatic carbocycles. The highest BCUT2D eigenvalue weighted by molar-refractivity contribution is 6.08. The van der Waals surface area contributed by atoms with Crippen LogP contribution in [0.25, 0.3) is 10.8 Å². The summed E-state index contributed by atoms with van der Waals surface area (Å²) in [6, 6.07) is 12.0. The van der Waals surface area contributed by atoms with Crippen molar-refractivity contribution in [2.24, 2.45) is 0 Å². The summed E-state index contributed by atoms with van der Waals surface area (Å²) in [5, 5.41) is 2.18. The Balaban J connectivity index is 1.25. The molecule has 39 heavy (non-hydrogen) atoms. The lowest BCUT2D eigenvalue weighted by Gasteiger charge is -2.22. The number of Topliss-reactive ketones (excluding diaryl/α,β-unsaturated/α-hetero) is 1. The molecule has 3 rings (SSSR count). The summed E-state index contributed by atoms with van der Waals surface area (Å²) in [6.45, 7) is 6.56. The van der Waals surface area contributed by atoms with Gasteiger partial charge in [-0.3, -0.25) is 9.59 Å². The zero-order valence-electron chi connectivity index (χ0n) is 24.6. The van der Waals surface area contributed by atoms with Gasteiger partial charge in [-0.15, -0.1) is 0 Å². The van der Waals surface area contributed by atoms with E-state index in [1.165, 1.54) is 24.8 Å².